The van der Waals surface area contributed by atoms with E-state index in [2.05, 4.69) is 17.1 Å². The molecule has 0 aliphatic carbocycles. The van der Waals surface area contributed by atoms with Gasteiger partial charge in [0, 0.05) is 12.6 Å². The number of sulfonamides is 1. The van der Waals surface area contributed by atoms with E-state index in [1.54, 1.807) is 6.07 Å². The number of nitrogens with one attached hydrogen (secondary N) is 1. The first-order valence-electron chi connectivity index (χ1n) is 6.82. The number of benzene rings is 1. The average Bonchev–Trinajstić information content (AvgIpc) is 2.83. The van der Waals surface area contributed by atoms with Gasteiger partial charge in [0.1, 0.15) is 0 Å². The van der Waals surface area contributed by atoms with Crippen LogP contribution in [-0.4, -0.2) is 39.0 Å². The van der Waals surface area contributed by atoms with Gasteiger partial charge in [-0.25, -0.2) is 13.6 Å². The fourth-order valence-corrected chi connectivity index (χ4v) is 3.18. The van der Waals surface area contributed by atoms with Crippen LogP contribution < -0.4 is 16.2 Å². The van der Waals surface area contributed by atoms with E-state index in [-0.39, 0.29) is 4.90 Å². The molecule has 1 unspecified atom stereocenters. The minimum absolute atomic E-state index is 0.0768. The molecule has 5 N–H and O–H groups in total. The fourth-order valence-electron chi connectivity index (χ4n) is 2.64. The Morgan fingerprint density at radius 3 is 2.85 bits per heavy atom. The first kappa shape index (κ1) is 15.1. The van der Waals surface area contributed by atoms with Gasteiger partial charge in [-0.2, -0.15) is 0 Å². The molecule has 0 bridgehead atoms. The SMILES string of the molecule is CCN1CCCC1CNc1cc(S(N)(=O)=O)ccc1N. The number of rotatable bonds is 5. The van der Waals surface area contributed by atoms with E-state index in [4.69, 9.17) is 10.9 Å². The molecule has 0 radical (unpaired) electrons. The summed E-state index contributed by atoms with van der Waals surface area (Å²) in [5.74, 6) is 0. The minimum atomic E-state index is -3.70. The molecule has 1 saturated heterocycles. The van der Waals surface area contributed by atoms with Crippen LogP contribution in [0.3, 0.4) is 0 Å². The first-order chi connectivity index (χ1) is 9.41. The Kier molecular flexibility index (Phi) is 4.52. The number of likely N-dealkylation sites (N-methyl/N-ethyl adjacent to an activating group) is 1. The van der Waals surface area contributed by atoms with Crippen molar-refractivity contribution in [3.05, 3.63) is 18.2 Å². The van der Waals surface area contributed by atoms with Crippen molar-refractivity contribution in [3.8, 4) is 0 Å². The largest absolute Gasteiger partial charge is 0.397 e. The molecular formula is C13H22N4O2S. The first-order valence-corrected chi connectivity index (χ1v) is 8.36. The summed E-state index contributed by atoms with van der Waals surface area (Å²) in [5.41, 5.74) is 7.02. The summed E-state index contributed by atoms with van der Waals surface area (Å²) >= 11 is 0. The summed E-state index contributed by atoms with van der Waals surface area (Å²) in [6, 6.07) is 4.95. The van der Waals surface area contributed by atoms with Crippen LogP contribution in [0.2, 0.25) is 0 Å². The molecule has 1 aliphatic heterocycles. The van der Waals surface area contributed by atoms with Crippen molar-refractivity contribution in [3.63, 3.8) is 0 Å². The molecule has 0 aromatic heterocycles. The average molecular weight is 298 g/mol. The predicted octanol–water partition coefficient (Wildman–Crippen LogP) is 0.812. The maximum Gasteiger partial charge on any atom is 0.238 e. The molecule has 6 nitrogen and oxygen atoms in total. The highest BCUT2D eigenvalue weighted by atomic mass is 32.2. The van der Waals surface area contributed by atoms with Crippen molar-refractivity contribution in [2.75, 3.05) is 30.7 Å². The van der Waals surface area contributed by atoms with Crippen molar-refractivity contribution in [2.45, 2.75) is 30.7 Å². The van der Waals surface area contributed by atoms with Crippen molar-refractivity contribution >= 4 is 21.4 Å². The van der Waals surface area contributed by atoms with E-state index in [9.17, 15) is 8.42 Å². The van der Waals surface area contributed by atoms with Crippen molar-refractivity contribution in [1.29, 1.82) is 0 Å². The summed E-state index contributed by atoms with van der Waals surface area (Å²) in [4.78, 5) is 2.49. The zero-order valence-corrected chi connectivity index (χ0v) is 12.5. The summed E-state index contributed by atoms with van der Waals surface area (Å²) in [5, 5.41) is 8.38. The second kappa shape index (κ2) is 5.99. The van der Waals surface area contributed by atoms with Gasteiger partial charge in [-0.05, 0) is 44.1 Å². The number of nitrogens with two attached hydrogens (primary N) is 2. The number of primary sulfonamides is 1. The predicted molar refractivity (Wildman–Crippen MR) is 81.0 cm³/mol. The Bertz CT molecular complexity index is 574. The lowest BCUT2D eigenvalue weighted by molar-refractivity contribution is 0.277. The number of nitrogens with zero attached hydrogens (tertiary/aromatic N) is 1. The lowest BCUT2D eigenvalue weighted by Gasteiger charge is -2.23. The minimum Gasteiger partial charge on any atom is -0.397 e. The molecule has 20 heavy (non-hydrogen) atoms. The monoisotopic (exact) mass is 298 g/mol. The second-order valence-corrected chi connectivity index (χ2v) is 6.66. The van der Waals surface area contributed by atoms with Crippen molar-refractivity contribution < 1.29 is 8.42 Å². The second-order valence-electron chi connectivity index (χ2n) is 5.10. The lowest BCUT2D eigenvalue weighted by Crippen LogP contribution is -2.34. The number of anilines is 2. The molecule has 1 atom stereocenters. The molecule has 1 aliphatic rings. The van der Waals surface area contributed by atoms with Gasteiger partial charge in [0.05, 0.1) is 16.3 Å². The van der Waals surface area contributed by atoms with Gasteiger partial charge in [0.25, 0.3) is 0 Å². The molecule has 0 saturated carbocycles. The Labute approximate surface area is 120 Å². The van der Waals surface area contributed by atoms with Crippen molar-refractivity contribution in [2.24, 2.45) is 5.14 Å². The van der Waals surface area contributed by atoms with Crippen LogP contribution in [0.15, 0.2) is 23.1 Å². The van der Waals surface area contributed by atoms with Gasteiger partial charge >= 0.3 is 0 Å². The smallest absolute Gasteiger partial charge is 0.238 e. The topological polar surface area (TPSA) is 101 Å². The Morgan fingerprint density at radius 2 is 2.20 bits per heavy atom. The van der Waals surface area contributed by atoms with E-state index >= 15 is 0 Å². The third-order valence-corrected chi connectivity index (χ3v) is 4.70. The number of nitrogen functional groups attached to an aromatic ring is 1. The quantitative estimate of drug-likeness (QED) is 0.698. The third kappa shape index (κ3) is 3.41. The number of hydrogen-bond acceptors (Lipinski definition) is 5. The maximum atomic E-state index is 11.4. The summed E-state index contributed by atoms with van der Waals surface area (Å²) in [6.45, 7) is 5.05. The lowest BCUT2D eigenvalue weighted by atomic mass is 10.2. The van der Waals surface area contributed by atoms with Gasteiger partial charge < -0.3 is 11.1 Å². The Hall–Kier alpha value is -1.31. The molecule has 1 heterocycles. The molecular weight excluding hydrogens is 276 g/mol. The number of hydrogen-bond donors (Lipinski definition) is 3. The summed E-state index contributed by atoms with van der Waals surface area (Å²) in [7, 11) is -3.70. The Balaban J connectivity index is 2.09. The zero-order chi connectivity index (χ0) is 14.8. The molecule has 1 aromatic rings. The molecule has 0 amide bonds. The van der Waals surface area contributed by atoms with Gasteiger partial charge in [-0.15, -0.1) is 0 Å². The molecule has 2 rings (SSSR count). The van der Waals surface area contributed by atoms with Gasteiger partial charge in [0.2, 0.25) is 10.0 Å². The van der Waals surface area contributed by atoms with Gasteiger partial charge in [-0.1, -0.05) is 6.92 Å². The molecule has 1 aromatic carbocycles. The highest BCUT2D eigenvalue weighted by molar-refractivity contribution is 7.89. The van der Waals surface area contributed by atoms with Crippen LogP contribution in [0.1, 0.15) is 19.8 Å². The normalized spacial score (nSPS) is 20.2. The van der Waals surface area contributed by atoms with Crippen LogP contribution in [0.4, 0.5) is 11.4 Å². The van der Waals surface area contributed by atoms with E-state index in [1.807, 2.05) is 0 Å². The van der Waals surface area contributed by atoms with Crippen LogP contribution in [0, 0.1) is 0 Å². The standard InChI is InChI=1S/C13H22N4O2S/c1-2-17-7-3-4-10(17)9-16-13-8-11(20(15,18)19)5-6-12(13)14/h5-6,8,10,16H,2-4,7,9,14H2,1H3,(H2,15,18,19). The highest BCUT2D eigenvalue weighted by Gasteiger charge is 2.22. The van der Waals surface area contributed by atoms with E-state index in [0.29, 0.717) is 17.4 Å². The van der Waals surface area contributed by atoms with Gasteiger partial charge in [0.15, 0.2) is 0 Å². The summed E-state index contributed by atoms with van der Waals surface area (Å²) < 4.78 is 22.7. The van der Waals surface area contributed by atoms with Crippen LogP contribution in [-0.2, 0) is 10.0 Å². The zero-order valence-electron chi connectivity index (χ0n) is 11.7. The van der Waals surface area contributed by atoms with Crippen molar-refractivity contribution in [1.82, 2.24) is 4.90 Å². The van der Waals surface area contributed by atoms with Crippen LogP contribution in [0.25, 0.3) is 0 Å². The highest BCUT2D eigenvalue weighted by Crippen LogP contribution is 2.24. The van der Waals surface area contributed by atoms with Crippen LogP contribution >= 0.6 is 0 Å². The van der Waals surface area contributed by atoms with E-state index in [0.717, 1.165) is 26.1 Å². The molecule has 112 valence electrons. The fraction of sp³-hybridized carbons (Fsp3) is 0.538. The van der Waals surface area contributed by atoms with E-state index < -0.39 is 10.0 Å². The number of likely N-dealkylation sites (tertiary alicyclic amines) is 1. The summed E-state index contributed by atoms with van der Waals surface area (Å²) in [6.07, 6.45) is 2.35. The van der Waals surface area contributed by atoms with E-state index in [1.165, 1.54) is 18.6 Å². The molecule has 7 heteroatoms. The van der Waals surface area contributed by atoms with Crippen LogP contribution in [0.5, 0.6) is 0 Å². The molecule has 0 spiro atoms. The van der Waals surface area contributed by atoms with Gasteiger partial charge in [-0.3, -0.25) is 4.90 Å². The maximum absolute atomic E-state index is 11.4. The molecule has 1 fully saturated rings. The third-order valence-electron chi connectivity index (χ3n) is 3.79. The Morgan fingerprint density at radius 1 is 1.45 bits per heavy atom.